The minimum absolute atomic E-state index is 0.0106. The van der Waals surface area contributed by atoms with Crippen molar-refractivity contribution < 1.29 is 9.72 Å². The average Bonchev–Trinajstić information content (AvgIpc) is 2.54. The topological polar surface area (TPSA) is 84.6 Å². The number of hydrogen-bond donors (Lipinski definition) is 1. The molecule has 2 rings (SSSR count). The Morgan fingerprint density at radius 1 is 1.29 bits per heavy atom. The number of halogens is 1. The van der Waals surface area contributed by atoms with Gasteiger partial charge in [0.25, 0.3) is 11.6 Å². The molecule has 0 fully saturated rings. The first-order valence-electron chi connectivity index (χ1n) is 6.98. The van der Waals surface area contributed by atoms with E-state index in [1.54, 1.807) is 42.5 Å². The minimum Gasteiger partial charge on any atom is -0.267 e. The molecule has 0 saturated heterocycles. The summed E-state index contributed by atoms with van der Waals surface area (Å²) in [4.78, 5) is 22.1. The number of amides is 1. The van der Waals surface area contributed by atoms with Crippen molar-refractivity contribution in [2.45, 2.75) is 6.92 Å². The van der Waals surface area contributed by atoms with E-state index in [1.165, 1.54) is 18.3 Å². The summed E-state index contributed by atoms with van der Waals surface area (Å²) in [6, 6.07) is 11.3. The van der Waals surface area contributed by atoms with Crippen molar-refractivity contribution in [1.82, 2.24) is 5.43 Å². The number of nitro benzene ring substituents is 1. The zero-order valence-electron chi connectivity index (χ0n) is 12.8. The number of non-ortho nitro benzene ring substituents is 1. The molecule has 7 heteroatoms. The Hall–Kier alpha value is -2.99. The molecule has 2 aromatic carbocycles. The molecule has 0 atom stereocenters. The van der Waals surface area contributed by atoms with Crippen molar-refractivity contribution in [2.75, 3.05) is 0 Å². The number of rotatable bonds is 5. The van der Waals surface area contributed by atoms with E-state index < -0.39 is 10.8 Å². The van der Waals surface area contributed by atoms with E-state index in [1.807, 2.05) is 6.92 Å². The number of nitrogens with one attached hydrogen (secondary N) is 1. The van der Waals surface area contributed by atoms with Crippen molar-refractivity contribution in [3.8, 4) is 0 Å². The number of carbonyl (C=O) groups is 1. The lowest BCUT2D eigenvalue weighted by molar-refractivity contribution is -0.384. The SMILES string of the molecule is Cc1ccc(C(=O)N/N=C/C=C/c2cccc([N+](=O)[O-])c2)c(Cl)c1. The first-order chi connectivity index (χ1) is 11.5. The van der Waals surface area contributed by atoms with Crippen molar-refractivity contribution in [3.05, 3.63) is 80.4 Å². The summed E-state index contributed by atoms with van der Waals surface area (Å²) in [6.07, 6.45) is 4.58. The second kappa shape index (κ2) is 8.03. The number of nitrogens with zero attached hydrogens (tertiary/aromatic N) is 2. The fourth-order valence-electron chi connectivity index (χ4n) is 1.90. The van der Waals surface area contributed by atoms with Crippen LogP contribution in [0, 0.1) is 17.0 Å². The number of nitro groups is 1. The van der Waals surface area contributed by atoms with E-state index in [2.05, 4.69) is 10.5 Å². The summed E-state index contributed by atoms with van der Waals surface area (Å²) in [5.74, 6) is -0.417. The third kappa shape index (κ3) is 4.76. The number of hydrogen-bond acceptors (Lipinski definition) is 4. The first kappa shape index (κ1) is 17.4. The monoisotopic (exact) mass is 343 g/mol. The van der Waals surface area contributed by atoms with Crippen LogP contribution in [-0.4, -0.2) is 17.0 Å². The van der Waals surface area contributed by atoms with Crippen molar-refractivity contribution in [3.63, 3.8) is 0 Å². The summed E-state index contributed by atoms with van der Waals surface area (Å²) in [5.41, 5.74) is 4.32. The van der Waals surface area contributed by atoms with E-state index in [-0.39, 0.29) is 5.69 Å². The van der Waals surface area contributed by atoms with Gasteiger partial charge in [0.15, 0.2) is 0 Å². The van der Waals surface area contributed by atoms with Crippen molar-refractivity contribution in [1.29, 1.82) is 0 Å². The molecule has 0 aliphatic rings. The fraction of sp³-hybridized carbons (Fsp3) is 0.0588. The van der Waals surface area contributed by atoms with Gasteiger partial charge in [-0.25, -0.2) is 5.43 Å². The largest absolute Gasteiger partial charge is 0.272 e. The Bertz CT molecular complexity index is 832. The molecule has 1 amide bonds. The van der Waals surface area contributed by atoms with Crippen LogP contribution in [0.25, 0.3) is 6.08 Å². The van der Waals surface area contributed by atoms with Gasteiger partial charge >= 0.3 is 0 Å². The molecule has 0 bridgehead atoms. The Labute approximate surface area is 143 Å². The quantitative estimate of drug-likeness (QED) is 0.506. The molecule has 0 saturated carbocycles. The van der Waals surface area contributed by atoms with Crippen LogP contribution in [0.15, 0.2) is 53.6 Å². The van der Waals surface area contributed by atoms with E-state index in [9.17, 15) is 14.9 Å². The summed E-state index contributed by atoms with van der Waals surface area (Å²) in [7, 11) is 0. The summed E-state index contributed by atoms with van der Waals surface area (Å²) >= 11 is 6.00. The maximum Gasteiger partial charge on any atom is 0.272 e. The molecule has 0 aromatic heterocycles. The zero-order valence-corrected chi connectivity index (χ0v) is 13.5. The third-order valence-corrected chi connectivity index (χ3v) is 3.38. The van der Waals surface area contributed by atoms with Gasteiger partial charge in [0.1, 0.15) is 0 Å². The van der Waals surface area contributed by atoms with E-state index in [0.717, 1.165) is 5.56 Å². The van der Waals surface area contributed by atoms with E-state index in [4.69, 9.17) is 11.6 Å². The first-order valence-corrected chi connectivity index (χ1v) is 7.36. The molecule has 0 unspecified atom stereocenters. The molecule has 0 aliphatic carbocycles. The van der Waals surface area contributed by atoms with Gasteiger partial charge in [-0.1, -0.05) is 35.9 Å². The molecule has 0 radical (unpaired) electrons. The lowest BCUT2D eigenvalue weighted by Crippen LogP contribution is -2.17. The molecule has 1 N–H and O–H groups in total. The summed E-state index contributed by atoms with van der Waals surface area (Å²) in [5, 5.41) is 14.8. The zero-order chi connectivity index (χ0) is 17.5. The molecule has 2 aromatic rings. The van der Waals surface area contributed by atoms with Gasteiger partial charge in [-0.2, -0.15) is 5.10 Å². The number of hydrazone groups is 1. The van der Waals surface area contributed by atoms with Crippen molar-refractivity contribution >= 4 is 35.5 Å². The second-order valence-electron chi connectivity index (χ2n) is 4.91. The minimum atomic E-state index is -0.461. The highest BCUT2D eigenvalue weighted by Gasteiger charge is 2.08. The fourth-order valence-corrected chi connectivity index (χ4v) is 2.22. The van der Waals surface area contributed by atoms with Gasteiger partial charge in [0.2, 0.25) is 0 Å². The van der Waals surface area contributed by atoms with Gasteiger partial charge in [-0.05, 0) is 36.3 Å². The molecule has 0 spiro atoms. The average molecular weight is 344 g/mol. The lowest BCUT2D eigenvalue weighted by Gasteiger charge is -2.02. The van der Waals surface area contributed by atoms with Crippen LogP contribution in [-0.2, 0) is 0 Å². The maximum absolute atomic E-state index is 11.9. The van der Waals surface area contributed by atoms with Crippen LogP contribution in [0.4, 0.5) is 5.69 Å². The molecule has 6 nitrogen and oxygen atoms in total. The Morgan fingerprint density at radius 3 is 2.79 bits per heavy atom. The summed E-state index contributed by atoms with van der Waals surface area (Å²) in [6.45, 7) is 1.88. The standard InChI is InChI=1S/C17H14ClN3O3/c1-12-7-8-15(16(18)10-12)17(22)20-19-9-3-5-13-4-2-6-14(11-13)21(23)24/h2-11H,1H3,(H,20,22)/b5-3+,19-9+. The number of aryl methyl sites for hydroxylation is 1. The van der Waals surface area contributed by atoms with Gasteiger partial charge < -0.3 is 0 Å². The summed E-state index contributed by atoms with van der Waals surface area (Å²) < 4.78 is 0. The highest BCUT2D eigenvalue weighted by Crippen LogP contribution is 2.17. The van der Waals surface area contributed by atoms with Crippen LogP contribution >= 0.6 is 11.6 Å². The number of allylic oxidation sites excluding steroid dienone is 1. The smallest absolute Gasteiger partial charge is 0.267 e. The highest BCUT2D eigenvalue weighted by atomic mass is 35.5. The third-order valence-electron chi connectivity index (χ3n) is 3.07. The van der Waals surface area contributed by atoms with Crippen LogP contribution in [0.2, 0.25) is 5.02 Å². The second-order valence-corrected chi connectivity index (χ2v) is 5.32. The molecule has 24 heavy (non-hydrogen) atoms. The van der Waals surface area contributed by atoms with Crippen LogP contribution < -0.4 is 5.43 Å². The van der Waals surface area contributed by atoms with Gasteiger partial charge in [0.05, 0.1) is 15.5 Å². The number of benzene rings is 2. The van der Waals surface area contributed by atoms with Gasteiger partial charge in [-0.3, -0.25) is 14.9 Å². The molecular formula is C17H14ClN3O3. The molecule has 0 heterocycles. The Balaban J connectivity index is 1.95. The highest BCUT2D eigenvalue weighted by molar-refractivity contribution is 6.33. The van der Waals surface area contributed by atoms with Crippen LogP contribution in [0.3, 0.4) is 0 Å². The predicted molar refractivity (Wildman–Crippen MR) is 94.3 cm³/mol. The predicted octanol–water partition coefficient (Wildman–Crippen LogP) is 3.99. The Morgan fingerprint density at radius 2 is 2.08 bits per heavy atom. The lowest BCUT2D eigenvalue weighted by atomic mass is 10.1. The molecule has 122 valence electrons. The Kier molecular flexibility index (Phi) is 5.81. The van der Waals surface area contributed by atoms with Gasteiger partial charge in [0, 0.05) is 18.3 Å². The van der Waals surface area contributed by atoms with Crippen molar-refractivity contribution in [2.24, 2.45) is 5.10 Å². The molecule has 0 aliphatic heterocycles. The van der Waals surface area contributed by atoms with Crippen LogP contribution in [0.1, 0.15) is 21.5 Å². The van der Waals surface area contributed by atoms with Crippen LogP contribution in [0.5, 0.6) is 0 Å². The van der Waals surface area contributed by atoms with E-state index in [0.29, 0.717) is 16.1 Å². The van der Waals surface area contributed by atoms with E-state index >= 15 is 0 Å². The normalized spacial score (nSPS) is 11.1. The maximum atomic E-state index is 11.9. The molecular weight excluding hydrogens is 330 g/mol. The van der Waals surface area contributed by atoms with Gasteiger partial charge in [-0.15, -0.1) is 0 Å². The number of carbonyl (C=O) groups excluding carboxylic acids is 1.